The molecule has 0 fully saturated rings. The molecule has 27 heavy (non-hydrogen) atoms. The minimum Gasteiger partial charge on any atom is -0.300 e. The van der Waals surface area contributed by atoms with Gasteiger partial charge in [0.2, 0.25) is 11.0 Å². The molecule has 4 rings (SSSR count). The number of aryl methyl sites for hydroxylation is 1. The molecule has 136 valence electrons. The van der Waals surface area contributed by atoms with E-state index in [-0.39, 0.29) is 11.7 Å². The minimum absolute atomic E-state index is 0.123. The van der Waals surface area contributed by atoms with Gasteiger partial charge in [0.1, 0.15) is 21.2 Å². The summed E-state index contributed by atoms with van der Waals surface area (Å²) < 4.78 is 0. The van der Waals surface area contributed by atoms with Crippen LogP contribution in [0.15, 0.2) is 47.1 Å². The lowest BCUT2D eigenvalue weighted by atomic mass is 10.1. The monoisotopic (exact) mass is 413 g/mol. The van der Waals surface area contributed by atoms with Gasteiger partial charge in [-0.05, 0) is 12.0 Å². The van der Waals surface area contributed by atoms with E-state index in [2.05, 4.69) is 43.0 Å². The van der Waals surface area contributed by atoms with E-state index in [1.165, 1.54) is 23.1 Å². The topological polar surface area (TPSA) is 80.7 Å². The number of fused-ring (bicyclic) bond motifs is 1. The predicted molar refractivity (Wildman–Crippen MR) is 111 cm³/mol. The second kappa shape index (κ2) is 8.12. The maximum atomic E-state index is 12.3. The third-order valence-corrected chi connectivity index (χ3v) is 6.63. The molecular formula is C18H15N5OS3. The van der Waals surface area contributed by atoms with Crippen molar-refractivity contribution in [2.75, 3.05) is 11.1 Å². The number of nitrogens with zero attached hydrogens (tertiary/aromatic N) is 4. The fraction of sp³-hybridized carbons (Fsp3) is 0.167. The normalized spacial score (nSPS) is 11.0. The fourth-order valence-electron chi connectivity index (χ4n) is 2.52. The van der Waals surface area contributed by atoms with Crippen LogP contribution in [0.5, 0.6) is 0 Å². The van der Waals surface area contributed by atoms with Gasteiger partial charge in [-0.2, -0.15) is 0 Å². The summed E-state index contributed by atoms with van der Waals surface area (Å²) in [6.07, 6.45) is 2.35. The molecule has 0 atom stereocenters. The number of hydrogen-bond acceptors (Lipinski definition) is 8. The quantitative estimate of drug-likeness (QED) is 0.370. The van der Waals surface area contributed by atoms with Crippen molar-refractivity contribution in [3.05, 3.63) is 47.0 Å². The van der Waals surface area contributed by atoms with E-state index in [9.17, 15) is 4.79 Å². The molecule has 3 aromatic heterocycles. The number of thioether (sulfide) groups is 1. The number of rotatable bonds is 6. The summed E-state index contributed by atoms with van der Waals surface area (Å²) in [6, 6.07) is 10.1. The fourth-order valence-corrected chi connectivity index (χ4v) is 5.01. The highest BCUT2D eigenvalue weighted by Gasteiger charge is 2.15. The molecule has 1 amide bonds. The van der Waals surface area contributed by atoms with Crippen LogP contribution >= 0.6 is 34.4 Å². The van der Waals surface area contributed by atoms with Gasteiger partial charge < -0.3 is 0 Å². The maximum absolute atomic E-state index is 12.3. The van der Waals surface area contributed by atoms with Gasteiger partial charge in [0.25, 0.3) is 0 Å². The van der Waals surface area contributed by atoms with Crippen molar-refractivity contribution in [3.63, 3.8) is 0 Å². The Kier molecular flexibility index (Phi) is 5.42. The Morgan fingerprint density at radius 3 is 2.81 bits per heavy atom. The molecule has 0 aliphatic rings. The van der Waals surface area contributed by atoms with Gasteiger partial charge in [0, 0.05) is 10.9 Å². The Hall–Kier alpha value is -2.36. The third-order valence-electron chi connectivity index (χ3n) is 3.78. The van der Waals surface area contributed by atoms with Crippen LogP contribution in [0.3, 0.4) is 0 Å². The zero-order chi connectivity index (χ0) is 18.6. The van der Waals surface area contributed by atoms with Crippen LogP contribution in [-0.2, 0) is 11.2 Å². The summed E-state index contributed by atoms with van der Waals surface area (Å²) >= 11 is 4.39. The molecule has 1 N–H and O–H groups in total. The second-order valence-electron chi connectivity index (χ2n) is 5.57. The number of anilines is 1. The lowest BCUT2D eigenvalue weighted by Gasteiger charge is -2.05. The molecule has 0 aliphatic heterocycles. The van der Waals surface area contributed by atoms with E-state index >= 15 is 0 Å². The van der Waals surface area contributed by atoms with E-state index in [1.807, 2.05) is 25.1 Å². The SMILES string of the molecule is CCc1nnc(NC(=O)CSc2ncnc3scc(-c4ccccc4)c23)s1. The summed E-state index contributed by atoms with van der Waals surface area (Å²) in [5.41, 5.74) is 2.21. The number of nitrogens with one attached hydrogen (secondary N) is 1. The van der Waals surface area contributed by atoms with Crippen molar-refractivity contribution in [2.45, 2.75) is 18.4 Å². The third kappa shape index (κ3) is 4.00. The summed E-state index contributed by atoms with van der Waals surface area (Å²) in [5, 5.41) is 16.1. The molecule has 3 heterocycles. The van der Waals surface area contributed by atoms with Gasteiger partial charge in [-0.1, -0.05) is 60.4 Å². The van der Waals surface area contributed by atoms with Gasteiger partial charge in [0.05, 0.1) is 11.1 Å². The Morgan fingerprint density at radius 1 is 1.19 bits per heavy atom. The average molecular weight is 414 g/mol. The molecule has 0 saturated heterocycles. The summed E-state index contributed by atoms with van der Waals surface area (Å²) in [5.74, 6) is 0.124. The van der Waals surface area contributed by atoms with Crippen LogP contribution in [0.2, 0.25) is 0 Å². The van der Waals surface area contributed by atoms with Crippen LogP contribution in [0, 0.1) is 0 Å². The highest BCUT2D eigenvalue weighted by molar-refractivity contribution is 8.00. The molecule has 0 bridgehead atoms. The Balaban J connectivity index is 1.53. The number of amides is 1. The number of carbonyl (C=O) groups excluding carboxylic acids is 1. The minimum atomic E-state index is -0.123. The molecule has 0 radical (unpaired) electrons. The van der Waals surface area contributed by atoms with Gasteiger partial charge in [-0.15, -0.1) is 21.5 Å². The number of aromatic nitrogens is 4. The second-order valence-corrected chi connectivity index (χ2v) is 8.45. The van der Waals surface area contributed by atoms with Crippen LogP contribution in [0.25, 0.3) is 21.3 Å². The lowest BCUT2D eigenvalue weighted by molar-refractivity contribution is -0.113. The first kappa shape index (κ1) is 18.0. The average Bonchev–Trinajstić information content (AvgIpc) is 3.34. The highest BCUT2D eigenvalue weighted by atomic mass is 32.2. The van der Waals surface area contributed by atoms with Crippen LogP contribution in [-0.4, -0.2) is 31.8 Å². The lowest BCUT2D eigenvalue weighted by Crippen LogP contribution is -2.14. The van der Waals surface area contributed by atoms with Crippen LogP contribution in [0.4, 0.5) is 5.13 Å². The molecular weight excluding hydrogens is 398 g/mol. The number of benzene rings is 1. The van der Waals surface area contributed by atoms with Crippen LogP contribution in [0.1, 0.15) is 11.9 Å². The molecule has 0 unspecified atom stereocenters. The van der Waals surface area contributed by atoms with Crippen LogP contribution < -0.4 is 5.32 Å². The largest absolute Gasteiger partial charge is 0.300 e. The smallest absolute Gasteiger partial charge is 0.236 e. The van der Waals surface area contributed by atoms with E-state index in [0.717, 1.165) is 37.8 Å². The molecule has 0 aliphatic carbocycles. The van der Waals surface area contributed by atoms with Gasteiger partial charge in [-0.3, -0.25) is 10.1 Å². The van der Waals surface area contributed by atoms with E-state index < -0.39 is 0 Å². The van der Waals surface area contributed by atoms with E-state index in [0.29, 0.717) is 5.13 Å². The zero-order valence-corrected chi connectivity index (χ0v) is 16.8. The molecule has 0 saturated carbocycles. The van der Waals surface area contributed by atoms with E-state index in [4.69, 9.17) is 0 Å². The van der Waals surface area contributed by atoms with Crippen molar-refractivity contribution in [1.29, 1.82) is 0 Å². The van der Waals surface area contributed by atoms with Gasteiger partial charge in [0.15, 0.2) is 0 Å². The number of thiophene rings is 1. The summed E-state index contributed by atoms with van der Waals surface area (Å²) in [4.78, 5) is 22.0. The first-order valence-electron chi connectivity index (χ1n) is 8.27. The van der Waals surface area contributed by atoms with Crippen molar-refractivity contribution in [2.24, 2.45) is 0 Å². The van der Waals surface area contributed by atoms with Crippen molar-refractivity contribution < 1.29 is 4.79 Å². The summed E-state index contributed by atoms with van der Waals surface area (Å²) in [6.45, 7) is 2.01. The Bertz CT molecular complexity index is 1080. The predicted octanol–water partition coefficient (Wildman–Crippen LogP) is 4.50. The van der Waals surface area contributed by atoms with Crippen molar-refractivity contribution in [1.82, 2.24) is 20.2 Å². The van der Waals surface area contributed by atoms with E-state index in [1.54, 1.807) is 17.7 Å². The van der Waals surface area contributed by atoms with Gasteiger partial charge in [-0.25, -0.2) is 9.97 Å². The van der Waals surface area contributed by atoms with Crippen molar-refractivity contribution in [3.8, 4) is 11.1 Å². The van der Waals surface area contributed by atoms with Crippen molar-refractivity contribution >= 4 is 55.7 Å². The summed E-state index contributed by atoms with van der Waals surface area (Å²) in [7, 11) is 0. The molecule has 6 nitrogen and oxygen atoms in total. The molecule has 9 heteroatoms. The molecule has 0 spiro atoms. The molecule has 1 aromatic carbocycles. The number of hydrogen-bond donors (Lipinski definition) is 1. The number of carbonyl (C=O) groups is 1. The molecule has 4 aromatic rings. The highest BCUT2D eigenvalue weighted by Crippen LogP contribution is 2.37. The maximum Gasteiger partial charge on any atom is 0.236 e. The zero-order valence-electron chi connectivity index (χ0n) is 14.4. The Morgan fingerprint density at radius 2 is 2.04 bits per heavy atom. The first-order valence-corrected chi connectivity index (χ1v) is 11.0. The van der Waals surface area contributed by atoms with Gasteiger partial charge >= 0.3 is 0 Å². The first-order chi connectivity index (χ1) is 13.2. The Labute approximate surface area is 168 Å². The standard InChI is InChI=1S/C18H15N5OS3/c1-2-14-22-23-18(27-14)21-13(24)9-26-17-15-12(11-6-4-3-5-7-11)8-25-16(15)19-10-20-17/h3-8,10H,2,9H2,1H3,(H,21,23,24).